The Bertz CT molecular complexity index is 1000. The van der Waals surface area contributed by atoms with E-state index in [0.717, 1.165) is 38.5 Å². The predicted octanol–water partition coefficient (Wildman–Crippen LogP) is 18.9. The second-order valence-electron chi connectivity index (χ2n) is 21.0. The van der Waals surface area contributed by atoms with Crippen LogP contribution in [-0.2, 0) is 14.3 Å². The van der Waals surface area contributed by atoms with Crippen LogP contribution in [0.15, 0.2) is 12.2 Å². The molecule has 398 valence electrons. The van der Waals surface area contributed by atoms with Crippen molar-refractivity contribution in [2.45, 2.75) is 353 Å². The predicted molar refractivity (Wildman–Crippen MR) is 292 cm³/mol. The van der Waals surface area contributed by atoms with E-state index in [0.29, 0.717) is 25.9 Å². The molecule has 67 heavy (non-hydrogen) atoms. The molecule has 0 aromatic rings. The minimum absolute atomic E-state index is 0.0149. The summed E-state index contributed by atoms with van der Waals surface area (Å²) in [6, 6.07) is -0.544. The zero-order chi connectivity index (χ0) is 48.6. The third-order valence-electron chi connectivity index (χ3n) is 14.3. The van der Waals surface area contributed by atoms with Crippen molar-refractivity contribution in [3.05, 3.63) is 12.2 Å². The molecule has 0 bridgehead atoms. The number of rotatable bonds is 57. The van der Waals surface area contributed by atoms with Gasteiger partial charge in [-0.15, -0.1) is 0 Å². The lowest BCUT2D eigenvalue weighted by Crippen LogP contribution is -2.45. The van der Waals surface area contributed by atoms with Gasteiger partial charge in [0.2, 0.25) is 5.91 Å². The van der Waals surface area contributed by atoms with Crippen LogP contribution in [0.3, 0.4) is 0 Å². The summed E-state index contributed by atoms with van der Waals surface area (Å²) in [6.07, 6.45) is 67.9. The smallest absolute Gasteiger partial charge is 0.305 e. The summed E-state index contributed by atoms with van der Waals surface area (Å²) in [6.45, 7) is 4.97. The van der Waals surface area contributed by atoms with Crippen LogP contribution in [0.1, 0.15) is 341 Å². The molecule has 6 nitrogen and oxygen atoms in total. The van der Waals surface area contributed by atoms with E-state index in [-0.39, 0.29) is 18.5 Å². The lowest BCUT2D eigenvalue weighted by atomic mass is 10.0. The van der Waals surface area contributed by atoms with Gasteiger partial charge in [0.05, 0.1) is 25.4 Å². The number of hydrogen-bond donors (Lipinski definition) is 3. The van der Waals surface area contributed by atoms with Crippen LogP contribution in [0, 0.1) is 0 Å². The zero-order valence-electron chi connectivity index (χ0n) is 45.4. The average molecular weight is 947 g/mol. The fourth-order valence-electron chi connectivity index (χ4n) is 9.64. The van der Waals surface area contributed by atoms with Crippen molar-refractivity contribution in [3.8, 4) is 0 Å². The molecule has 0 aromatic carbocycles. The summed E-state index contributed by atoms with van der Waals surface area (Å²) < 4.78 is 5.49. The topological polar surface area (TPSA) is 95.9 Å². The summed E-state index contributed by atoms with van der Waals surface area (Å²) in [4.78, 5) is 24.5. The fourth-order valence-corrected chi connectivity index (χ4v) is 9.64. The van der Waals surface area contributed by atoms with Gasteiger partial charge in [-0.25, -0.2) is 0 Å². The van der Waals surface area contributed by atoms with E-state index in [1.165, 1.54) is 270 Å². The largest absolute Gasteiger partial charge is 0.466 e. The molecule has 0 aromatic heterocycles. The molecule has 0 saturated heterocycles. The van der Waals surface area contributed by atoms with Crippen LogP contribution < -0.4 is 5.32 Å². The Hall–Kier alpha value is -1.40. The highest BCUT2D eigenvalue weighted by atomic mass is 16.5. The molecule has 0 aliphatic heterocycles. The first-order valence-corrected chi connectivity index (χ1v) is 30.4. The van der Waals surface area contributed by atoms with Gasteiger partial charge in [0.25, 0.3) is 0 Å². The van der Waals surface area contributed by atoms with Crippen LogP contribution in [-0.4, -0.2) is 47.4 Å². The molecule has 0 rings (SSSR count). The van der Waals surface area contributed by atoms with E-state index in [4.69, 9.17) is 4.74 Å². The molecule has 2 unspecified atom stereocenters. The average Bonchev–Trinajstić information content (AvgIpc) is 3.33. The molecule has 6 heteroatoms. The first kappa shape index (κ1) is 65.6. The minimum Gasteiger partial charge on any atom is -0.466 e. The van der Waals surface area contributed by atoms with Crippen LogP contribution in [0.2, 0.25) is 0 Å². The van der Waals surface area contributed by atoms with Crippen molar-refractivity contribution in [2.75, 3.05) is 13.2 Å². The summed E-state index contributed by atoms with van der Waals surface area (Å²) in [5, 5.41) is 23.2. The van der Waals surface area contributed by atoms with Crippen LogP contribution in [0.5, 0.6) is 0 Å². The van der Waals surface area contributed by atoms with Gasteiger partial charge >= 0.3 is 5.97 Å². The fraction of sp³-hybridized carbons (Fsp3) is 0.934. The van der Waals surface area contributed by atoms with Crippen LogP contribution in [0.4, 0.5) is 0 Å². The highest BCUT2D eigenvalue weighted by molar-refractivity contribution is 5.76. The summed E-state index contributed by atoms with van der Waals surface area (Å²) in [7, 11) is 0. The monoisotopic (exact) mass is 946 g/mol. The van der Waals surface area contributed by atoms with E-state index in [9.17, 15) is 19.8 Å². The van der Waals surface area contributed by atoms with E-state index >= 15 is 0 Å². The van der Waals surface area contributed by atoms with Crippen molar-refractivity contribution in [2.24, 2.45) is 0 Å². The van der Waals surface area contributed by atoms with Gasteiger partial charge in [0.15, 0.2) is 0 Å². The molecule has 3 N–H and O–H groups in total. The second kappa shape index (κ2) is 57.2. The van der Waals surface area contributed by atoms with E-state index in [2.05, 4.69) is 31.3 Å². The lowest BCUT2D eigenvalue weighted by molar-refractivity contribution is -0.143. The van der Waals surface area contributed by atoms with E-state index in [1.54, 1.807) is 0 Å². The number of aliphatic hydroxyl groups excluding tert-OH is 2. The van der Waals surface area contributed by atoms with Gasteiger partial charge in [0, 0.05) is 12.8 Å². The molecule has 0 fully saturated rings. The Morgan fingerprint density at radius 2 is 0.701 bits per heavy atom. The third-order valence-corrected chi connectivity index (χ3v) is 14.3. The number of hydrogen-bond acceptors (Lipinski definition) is 5. The zero-order valence-corrected chi connectivity index (χ0v) is 45.4. The maximum atomic E-state index is 12.4. The highest BCUT2D eigenvalue weighted by Gasteiger charge is 2.20. The van der Waals surface area contributed by atoms with Crippen molar-refractivity contribution in [3.63, 3.8) is 0 Å². The minimum atomic E-state index is -0.666. The molecule has 0 radical (unpaired) electrons. The van der Waals surface area contributed by atoms with Gasteiger partial charge < -0.3 is 20.3 Å². The Labute approximate surface area is 419 Å². The molecule has 0 spiro atoms. The molecule has 1 amide bonds. The number of esters is 1. The Kier molecular flexibility index (Phi) is 56.0. The quantitative estimate of drug-likeness (QED) is 0.0321. The molecule has 0 aliphatic carbocycles. The van der Waals surface area contributed by atoms with Crippen molar-refractivity contribution < 1.29 is 24.5 Å². The van der Waals surface area contributed by atoms with E-state index in [1.807, 2.05) is 0 Å². The molecule has 0 saturated carbocycles. The molecular formula is C61H119NO5. The number of ether oxygens (including phenoxy) is 1. The normalized spacial score (nSPS) is 12.6. The summed E-state index contributed by atoms with van der Waals surface area (Å²) >= 11 is 0. The second-order valence-corrected chi connectivity index (χ2v) is 21.0. The van der Waals surface area contributed by atoms with Crippen molar-refractivity contribution in [1.29, 1.82) is 0 Å². The van der Waals surface area contributed by atoms with Gasteiger partial charge in [-0.05, 0) is 51.4 Å². The number of aliphatic hydroxyl groups is 2. The maximum Gasteiger partial charge on any atom is 0.305 e. The van der Waals surface area contributed by atoms with Gasteiger partial charge in [-0.1, -0.05) is 289 Å². The SMILES string of the molecule is CCCCCCCCCCCCCCCCCC(=O)OCCCCCCCCCCCCCC/C=C\CCCCCCCCCC(=O)NC(CO)C(O)CCCCCCCCCCCCCC. The number of amides is 1. The molecular weight excluding hydrogens is 827 g/mol. The van der Waals surface area contributed by atoms with Gasteiger partial charge in [-0.2, -0.15) is 0 Å². The number of carbonyl (C=O) groups excluding carboxylic acids is 2. The molecule has 0 aliphatic rings. The number of allylic oxidation sites excluding steroid dienone is 2. The molecule has 0 heterocycles. The Balaban J connectivity index is 3.38. The number of nitrogens with one attached hydrogen (secondary N) is 1. The maximum absolute atomic E-state index is 12.4. The highest BCUT2D eigenvalue weighted by Crippen LogP contribution is 2.18. The van der Waals surface area contributed by atoms with Crippen LogP contribution >= 0.6 is 0 Å². The van der Waals surface area contributed by atoms with E-state index < -0.39 is 12.1 Å². The Morgan fingerprint density at radius 3 is 1.06 bits per heavy atom. The summed E-state index contributed by atoms with van der Waals surface area (Å²) in [5.41, 5.74) is 0. The lowest BCUT2D eigenvalue weighted by Gasteiger charge is -2.22. The van der Waals surface area contributed by atoms with Crippen molar-refractivity contribution in [1.82, 2.24) is 5.32 Å². The number of carbonyl (C=O) groups is 2. The summed E-state index contributed by atoms with van der Waals surface area (Å²) in [5.74, 6) is -0.0255. The van der Waals surface area contributed by atoms with Crippen molar-refractivity contribution >= 4 is 11.9 Å². The number of unbranched alkanes of at least 4 members (excludes halogenated alkanes) is 44. The van der Waals surface area contributed by atoms with Crippen LogP contribution in [0.25, 0.3) is 0 Å². The standard InChI is InChI=1S/C61H119NO5/c1-3-5-7-9-11-13-15-17-27-31-35-39-43-47-51-55-61(66)67-56-52-48-44-40-36-32-29-26-24-22-20-18-19-21-23-25-28-30-34-38-42-46-50-54-60(65)62-58(57-63)59(64)53-49-45-41-37-33-16-14-12-10-8-6-4-2/h21,23,58-59,63-64H,3-20,22,24-57H2,1-2H3,(H,62,65)/b23-21-. The van der Waals surface area contributed by atoms with Gasteiger partial charge in [-0.3, -0.25) is 9.59 Å². The first-order valence-electron chi connectivity index (χ1n) is 30.4. The first-order chi connectivity index (χ1) is 33.0. The molecule has 2 atom stereocenters. The Morgan fingerprint density at radius 1 is 0.403 bits per heavy atom. The van der Waals surface area contributed by atoms with Gasteiger partial charge in [0.1, 0.15) is 0 Å². The third kappa shape index (κ3) is 53.8.